The van der Waals surface area contributed by atoms with E-state index in [4.69, 9.17) is 0 Å². The molecule has 6 rings (SSSR count). The summed E-state index contributed by atoms with van der Waals surface area (Å²) in [7, 11) is 0. The molecule has 0 radical (unpaired) electrons. The van der Waals surface area contributed by atoms with Crippen molar-refractivity contribution < 1.29 is 0 Å². The Morgan fingerprint density at radius 2 is 1.86 bits per heavy atom. The van der Waals surface area contributed by atoms with Gasteiger partial charge < -0.3 is 0 Å². The van der Waals surface area contributed by atoms with Crippen molar-refractivity contribution in [2.75, 3.05) is 0 Å². The van der Waals surface area contributed by atoms with Crippen LogP contribution in [0.4, 0.5) is 0 Å². The van der Waals surface area contributed by atoms with Crippen LogP contribution < -0.4 is 0 Å². The number of rotatable bonds is 3. The molecule has 3 aliphatic rings. The second-order valence-corrected chi connectivity index (χ2v) is 9.55. The van der Waals surface area contributed by atoms with Crippen molar-refractivity contribution in [2.45, 2.75) is 52.9 Å². The molecule has 2 unspecified atom stereocenters. The molecule has 3 aromatic rings. The van der Waals surface area contributed by atoms with Crippen LogP contribution in [0.1, 0.15) is 72.9 Å². The number of hydrogen-bond acceptors (Lipinski definition) is 0. The van der Waals surface area contributed by atoms with Crippen LogP contribution in [0.2, 0.25) is 0 Å². The first-order valence-electron chi connectivity index (χ1n) is 13.3. The summed E-state index contributed by atoms with van der Waals surface area (Å²) < 4.78 is 0. The van der Waals surface area contributed by atoms with Gasteiger partial charge in [-0.3, -0.25) is 0 Å². The lowest BCUT2D eigenvalue weighted by Gasteiger charge is -2.36. The number of allylic oxidation sites excluding steroid dienone is 8. The van der Waals surface area contributed by atoms with Gasteiger partial charge in [0.25, 0.3) is 0 Å². The average molecular weight is 457 g/mol. The van der Waals surface area contributed by atoms with E-state index < -0.39 is 0 Å². The van der Waals surface area contributed by atoms with Crippen molar-refractivity contribution in [2.24, 2.45) is 5.92 Å². The minimum atomic E-state index is 0.365. The number of hydrogen-bond donors (Lipinski definition) is 0. The molecule has 0 aromatic heterocycles. The third-order valence-corrected chi connectivity index (χ3v) is 7.57. The molecule has 2 atom stereocenters. The maximum atomic E-state index is 2.52. The van der Waals surface area contributed by atoms with Gasteiger partial charge in [-0.2, -0.15) is 0 Å². The van der Waals surface area contributed by atoms with Crippen LogP contribution in [0.25, 0.3) is 28.5 Å². The molecule has 0 heterocycles. The van der Waals surface area contributed by atoms with Crippen LogP contribution in [-0.2, 0) is 6.42 Å². The molecular weight excluding hydrogens is 420 g/mol. The number of benzene rings is 3. The Labute approximate surface area is 211 Å². The van der Waals surface area contributed by atoms with Crippen LogP contribution in [0.5, 0.6) is 0 Å². The first-order valence-corrected chi connectivity index (χ1v) is 13.3. The molecule has 176 valence electrons. The van der Waals surface area contributed by atoms with E-state index in [1.165, 1.54) is 55.3 Å². The second kappa shape index (κ2) is 10.1. The minimum Gasteiger partial charge on any atom is -0.0842 e. The molecular formula is C35H36. The fourth-order valence-electron chi connectivity index (χ4n) is 5.99. The summed E-state index contributed by atoms with van der Waals surface area (Å²) in [6.07, 6.45) is 21.9. The highest BCUT2D eigenvalue weighted by Gasteiger charge is 2.34. The lowest BCUT2D eigenvalue weighted by atomic mass is 9.67. The molecule has 0 saturated heterocycles. The Balaban J connectivity index is 0.00000124. The zero-order chi connectivity index (χ0) is 24.4. The molecule has 35 heavy (non-hydrogen) atoms. The molecule has 3 aromatic carbocycles. The van der Waals surface area contributed by atoms with Crippen molar-refractivity contribution >= 4 is 28.5 Å². The van der Waals surface area contributed by atoms with Gasteiger partial charge in [0.2, 0.25) is 0 Å². The van der Waals surface area contributed by atoms with E-state index in [2.05, 4.69) is 111 Å². The summed E-state index contributed by atoms with van der Waals surface area (Å²) in [6, 6.07) is 18.5. The fourth-order valence-corrected chi connectivity index (χ4v) is 5.99. The lowest BCUT2D eigenvalue weighted by Crippen LogP contribution is -2.21. The van der Waals surface area contributed by atoms with Gasteiger partial charge in [0.05, 0.1) is 0 Å². The van der Waals surface area contributed by atoms with Crippen LogP contribution in [0.15, 0.2) is 90.6 Å². The Kier molecular flexibility index (Phi) is 6.73. The van der Waals surface area contributed by atoms with E-state index >= 15 is 0 Å². The van der Waals surface area contributed by atoms with Gasteiger partial charge in [0.1, 0.15) is 0 Å². The summed E-state index contributed by atoms with van der Waals surface area (Å²) in [4.78, 5) is 0. The molecule has 0 saturated carbocycles. The quantitative estimate of drug-likeness (QED) is 0.368. The van der Waals surface area contributed by atoms with Crippen molar-refractivity contribution in [3.8, 4) is 0 Å². The van der Waals surface area contributed by atoms with E-state index in [9.17, 15) is 0 Å². The maximum absolute atomic E-state index is 2.52. The monoisotopic (exact) mass is 456 g/mol. The van der Waals surface area contributed by atoms with Gasteiger partial charge in [0.15, 0.2) is 0 Å². The van der Waals surface area contributed by atoms with Gasteiger partial charge in [0, 0.05) is 11.8 Å². The van der Waals surface area contributed by atoms with E-state index in [1.807, 2.05) is 13.8 Å². The summed E-state index contributed by atoms with van der Waals surface area (Å²) in [6.45, 7) is 8.43. The molecule has 0 N–H and O–H groups in total. The van der Waals surface area contributed by atoms with E-state index in [-0.39, 0.29) is 0 Å². The first-order chi connectivity index (χ1) is 17.2. The van der Waals surface area contributed by atoms with Crippen molar-refractivity contribution in [3.63, 3.8) is 0 Å². The molecule has 0 fully saturated rings. The summed E-state index contributed by atoms with van der Waals surface area (Å²) in [5.41, 5.74) is 11.4. The van der Waals surface area contributed by atoms with Gasteiger partial charge in [-0.05, 0) is 87.6 Å². The van der Waals surface area contributed by atoms with Crippen molar-refractivity contribution in [1.82, 2.24) is 0 Å². The minimum absolute atomic E-state index is 0.365. The molecule has 0 nitrogen and oxygen atoms in total. The Morgan fingerprint density at radius 1 is 1.00 bits per heavy atom. The SMILES string of the molecule is CC.CC/C=C\c1cc2c3c(ccc2cc1C)C(C1c2ccccc2C=C2C=CC=CC21)=CCC3. The molecule has 0 heteroatoms. The highest BCUT2D eigenvalue weighted by atomic mass is 14.4. The van der Waals surface area contributed by atoms with Gasteiger partial charge in [-0.1, -0.05) is 112 Å². The van der Waals surface area contributed by atoms with E-state index in [1.54, 1.807) is 0 Å². The van der Waals surface area contributed by atoms with E-state index in [0.29, 0.717) is 11.8 Å². The molecule has 0 amide bonds. The third-order valence-electron chi connectivity index (χ3n) is 7.57. The maximum Gasteiger partial charge on any atom is 0.0202 e. The topological polar surface area (TPSA) is 0 Å². The lowest BCUT2D eigenvalue weighted by molar-refractivity contribution is 0.680. The molecule has 0 spiro atoms. The summed E-state index contributed by atoms with van der Waals surface area (Å²) in [5.74, 6) is 0.766. The third kappa shape index (κ3) is 4.16. The highest BCUT2D eigenvalue weighted by Crippen LogP contribution is 2.50. The number of fused-ring (bicyclic) bond motifs is 5. The fraction of sp³-hybridized carbons (Fsp3) is 0.257. The molecule has 3 aliphatic carbocycles. The van der Waals surface area contributed by atoms with Crippen LogP contribution in [0.3, 0.4) is 0 Å². The van der Waals surface area contributed by atoms with Crippen molar-refractivity contribution in [1.29, 1.82) is 0 Å². The Hall–Kier alpha value is -3.38. The normalized spacial score (nSPS) is 19.9. The predicted molar refractivity (Wildman–Crippen MR) is 155 cm³/mol. The van der Waals surface area contributed by atoms with Crippen LogP contribution >= 0.6 is 0 Å². The highest BCUT2D eigenvalue weighted by molar-refractivity contribution is 5.94. The Morgan fingerprint density at radius 3 is 2.71 bits per heavy atom. The van der Waals surface area contributed by atoms with Gasteiger partial charge >= 0.3 is 0 Å². The summed E-state index contributed by atoms with van der Waals surface area (Å²) in [5, 5.41) is 2.80. The Bertz CT molecular complexity index is 1400. The molecule has 0 aliphatic heterocycles. The average Bonchev–Trinajstić information content (AvgIpc) is 2.91. The van der Waals surface area contributed by atoms with Gasteiger partial charge in [-0.25, -0.2) is 0 Å². The predicted octanol–water partition coefficient (Wildman–Crippen LogP) is 9.85. The zero-order valence-corrected chi connectivity index (χ0v) is 21.5. The van der Waals surface area contributed by atoms with E-state index in [0.717, 1.165) is 19.3 Å². The van der Waals surface area contributed by atoms with Crippen molar-refractivity contribution in [3.05, 3.63) is 124 Å². The first kappa shape index (κ1) is 23.4. The van der Waals surface area contributed by atoms with Crippen LogP contribution in [-0.4, -0.2) is 0 Å². The van der Waals surface area contributed by atoms with Crippen LogP contribution in [0, 0.1) is 12.8 Å². The molecule has 0 bridgehead atoms. The second-order valence-electron chi connectivity index (χ2n) is 9.55. The van der Waals surface area contributed by atoms with Gasteiger partial charge in [-0.15, -0.1) is 0 Å². The standard InChI is InChI=1S/C33H30.C2H6/c1-3-4-10-23-21-32-26(19-22(23)2)17-18-30-29(32)15-9-16-31(30)33-27-13-7-5-11-24(27)20-25-12-6-8-14-28(25)33;1-2/h4-8,10-14,16-21,27,33H,3,9,15H2,1-2H3;1-2H3/b10-4-;. The summed E-state index contributed by atoms with van der Waals surface area (Å²) >= 11 is 0. The smallest absolute Gasteiger partial charge is 0.0202 e. The number of aryl methyl sites for hydroxylation is 2. The zero-order valence-electron chi connectivity index (χ0n) is 21.5. The largest absolute Gasteiger partial charge is 0.0842 e.